The van der Waals surface area contributed by atoms with Crippen LogP contribution in [0.2, 0.25) is 5.02 Å². The Hall–Kier alpha value is -0.380. The van der Waals surface area contributed by atoms with Gasteiger partial charge in [-0.3, -0.25) is 4.90 Å². The second-order valence-corrected chi connectivity index (χ2v) is 5.60. The van der Waals surface area contributed by atoms with E-state index in [9.17, 15) is 0 Å². The van der Waals surface area contributed by atoms with E-state index in [0.29, 0.717) is 6.04 Å². The summed E-state index contributed by atoms with van der Waals surface area (Å²) in [5.74, 6) is 1.15. The molecule has 2 nitrogen and oxygen atoms in total. The predicted molar refractivity (Wildman–Crippen MR) is 79.8 cm³/mol. The van der Waals surface area contributed by atoms with Gasteiger partial charge in [-0.2, -0.15) is 11.8 Å². The van der Waals surface area contributed by atoms with Gasteiger partial charge in [-0.25, -0.2) is 0 Å². The Kier molecular flexibility index (Phi) is 6.17. The van der Waals surface area contributed by atoms with Crippen LogP contribution < -0.4 is 5.73 Å². The zero-order valence-corrected chi connectivity index (χ0v) is 12.3. The molecule has 0 spiro atoms. The van der Waals surface area contributed by atoms with Gasteiger partial charge in [-0.05, 0) is 37.4 Å². The van der Waals surface area contributed by atoms with Crippen molar-refractivity contribution in [3.05, 3.63) is 28.8 Å². The minimum atomic E-state index is 0.596. The number of nitrogen functional groups attached to an aromatic ring is 1. The second-order valence-electron chi connectivity index (χ2n) is 4.28. The Bertz CT molecular complexity index is 357. The fourth-order valence-electron chi connectivity index (χ4n) is 1.84. The van der Waals surface area contributed by atoms with Gasteiger partial charge in [0, 0.05) is 29.0 Å². The van der Waals surface area contributed by atoms with Crippen LogP contribution in [0, 0.1) is 0 Å². The van der Waals surface area contributed by atoms with E-state index in [-0.39, 0.29) is 0 Å². The summed E-state index contributed by atoms with van der Waals surface area (Å²) in [7, 11) is 2.15. The number of halogens is 1. The third-order valence-corrected chi connectivity index (χ3v) is 4.02. The molecule has 0 aliphatic carbocycles. The first-order chi connectivity index (χ1) is 8.08. The van der Waals surface area contributed by atoms with E-state index in [4.69, 9.17) is 17.3 Å². The van der Waals surface area contributed by atoms with E-state index in [1.165, 1.54) is 0 Å². The molecule has 0 saturated heterocycles. The molecule has 2 N–H and O–H groups in total. The van der Waals surface area contributed by atoms with Crippen LogP contribution in [0.25, 0.3) is 0 Å². The molecule has 17 heavy (non-hydrogen) atoms. The Morgan fingerprint density at radius 2 is 2.18 bits per heavy atom. The number of anilines is 1. The van der Waals surface area contributed by atoms with Gasteiger partial charge >= 0.3 is 0 Å². The van der Waals surface area contributed by atoms with Crippen LogP contribution in [0.3, 0.4) is 0 Å². The number of nitrogens with zero attached hydrogens (tertiary/aromatic N) is 1. The van der Waals surface area contributed by atoms with Gasteiger partial charge in [0.1, 0.15) is 0 Å². The molecular weight excluding hydrogens is 252 g/mol. The standard InChI is InChI=1S/C13H21ClN2S/c1-4-12(9-17-3)16(2)8-10-5-6-11(15)7-13(10)14/h5-7,12H,4,8-9,15H2,1-3H3. The van der Waals surface area contributed by atoms with Crippen molar-refractivity contribution in [3.8, 4) is 0 Å². The van der Waals surface area contributed by atoms with Crippen molar-refractivity contribution < 1.29 is 0 Å². The largest absolute Gasteiger partial charge is 0.399 e. The first-order valence-electron chi connectivity index (χ1n) is 5.81. The van der Waals surface area contributed by atoms with Crippen LogP contribution >= 0.6 is 23.4 Å². The topological polar surface area (TPSA) is 29.3 Å². The highest BCUT2D eigenvalue weighted by Gasteiger charge is 2.13. The first kappa shape index (κ1) is 14.7. The van der Waals surface area contributed by atoms with E-state index in [1.807, 2.05) is 30.0 Å². The maximum absolute atomic E-state index is 6.19. The summed E-state index contributed by atoms with van der Waals surface area (Å²) in [6.07, 6.45) is 3.30. The van der Waals surface area contributed by atoms with Crippen LogP contribution in [0.5, 0.6) is 0 Å². The Labute approximate surface area is 114 Å². The summed E-state index contributed by atoms with van der Waals surface area (Å²) < 4.78 is 0. The van der Waals surface area contributed by atoms with E-state index in [2.05, 4.69) is 25.1 Å². The van der Waals surface area contributed by atoms with Gasteiger partial charge < -0.3 is 5.73 Å². The number of benzene rings is 1. The Morgan fingerprint density at radius 1 is 1.47 bits per heavy atom. The molecule has 1 rings (SSSR count). The molecule has 0 aliphatic heterocycles. The number of rotatable bonds is 6. The third kappa shape index (κ3) is 4.41. The average molecular weight is 273 g/mol. The number of hydrogen-bond donors (Lipinski definition) is 1. The van der Waals surface area contributed by atoms with Crippen molar-refractivity contribution in [1.29, 1.82) is 0 Å². The first-order valence-corrected chi connectivity index (χ1v) is 7.58. The van der Waals surface area contributed by atoms with Crippen molar-refractivity contribution in [2.24, 2.45) is 0 Å². The lowest BCUT2D eigenvalue weighted by Gasteiger charge is -2.27. The molecule has 0 heterocycles. The molecule has 0 aromatic heterocycles. The molecule has 0 bridgehead atoms. The molecule has 0 radical (unpaired) electrons. The zero-order valence-electron chi connectivity index (χ0n) is 10.7. The molecule has 0 fully saturated rings. The number of nitrogens with two attached hydrogens (primary N) is 1. The Balaban J connectivity index is 2.69. The lowest BCUT2D eigenvalue weighted by Crippen LogP contribution is -2.32. The van der Waals surface area contributed by atoms with Gasteiger partial charge in [-0.1, -0.05) is 24.6 Å². The molecule has 1 aromatic rings. The van der Waals surface area contributed by atoms with Crippen molar-refractivity contribution >= 4 is 29.1 Å². The second kappa shape index (κ2) is 7.14. The summed E-state index contributed by atoms with van der Waals surface area (Å²) >= 11 is 8.07. The molecule has 1 aromatic carbocycles. The lowest BCUT2D eigenvalue weighted by molar-refractivity contribution is 0.248. The Morgan fingerprint density at radius 3 is 2.71 bits per heavy atom. The predicted octanol–water partition coefficient (Wildman–Crippen LogP) is 3.50. The van der Waals surface area contributed by atoms with Crippen molar-refractivity contribution in [2.75, 3.05) is 24.8 Å². The average Bonchev–Trinajstić information content (AvgIpc) is 2.29. The molecule has 0 aliphatic rings. The van der Waals surface area contributed by atoms with E-state index in [0.717, 1.165) is 35.0 Å². The minimum absolute atomic E-state index is 0.596. The van der Waals surface area contributed by atoms with Crippen molar-refractivity contribution in [3.63, 3.8) is 0 Å². The molecule has 1 unspecified atom stereocenters. The van der Waals surface area contributed by atoms with Crippen LogP contribution in [0.4, 0.5) is 5.69 Å². The van der Waals surface area contributed by atoms with Crippen LogP contribution in [0.15, 0.2) is 18.2 Å². The van der Waals surface area contributed by atoms with Crippen molar-refractivity contribution in [2.45, 2.75) is 25.9 Å². The lowest BCUT2D eigenvalue weighted by atomic mass is 10.1. The molecule has 96 valence electrons. The highest BCUT2D eigenvalue weighted by Crippen LogP contribution is 2.21. The third-order valence-electron chi connectivity index (χ3n) is 2.95. The normalized spacial score (nSPS) is 13.0. The molecule has 0 saturated carbocycles. The SMILES string of the molecule is CCC(CSC)N(C)Cc1ccc(N)cc1Cl. The highest BCUT2D eigenvalue weighted by molar-refractivity contribution is 7.98. The van der Waals surface area contributed by atoms with Gasteiger partial charge in [0.15, 0.2) is 0 Å². The van der Waals surface area contributed by atoms with Gasteiger partial charge in [0.25, 0.3) is 0 Å². The smallest absolute Gasteiger partial charge is 0.0471 e. The molecule has 0 amide bonds. The quantitative estimate of drug-likeness (QED) is 0.804. The zero-order chi connectivity index (χ0) is 12.8. The van der Waals surface area contributed by atoms with Crippen molar-refractivity contribution in [1.82, 2.24) is 4.90 Å². The summed E-state index contributed by atoms with van der Waals surface area (Å²) in [4.78, 5) is 2.36. The monoisotopic (exact) mass is 272 g/mol. The van der Waals surface area contributed by atoms with Crippen LogP contribution in [-0.4, -0.2) is 30.0 Å². The summed E-state index contributed by atoms with van der Waals surface area (Å²) in [5, 5.41) is 0.760. The van der Waals surface area contributed by atoms with E-state index < -0.39 is 0 Å². The van der Waals surface area contributed by atoms with Gasteiger partial charge in [-0.15, -0.1) is 0 Å². The maximum Gasteiger partial charge on any atom is 0.0471 e. The summed E-state index contributed by atoms with van der Waals surface area (Å²) in [6, 6.07) is 6.34. The number of hydrogen-bond acceptors (Lipinski definition) is 3. The fraction of sp³-hybridized carbons (Fsp3) is 0.538. The highest BCUT2D eigenvalue weighted by atomic mass is 35.5. The molecule has 1 atom stereocenters. The molecule has 4 heteroatoms. The van der Waals surface area contributed by atoms with Gasteiger partial charge in [0.2, 0.25) is 0 Å². The maximum atomic E-state index is 6.19. The van der Waals surface area contributed by atoms with E-state index >= 15 is 0 Å². The fourth-order valence-corrected chi connectivity index (χ4v) is 2.96. The van der Waals surface area contributed by atoms with Crippen LogP contribution in [0.1, 0.15) is 18.9 Å². The van der Waals surface area contributed by atoms with E-state index in [1.54, 1.807) is 0 Å². The summed E-state index contributed by atoms with van der Waals surface area (Å²) in [5.41, 5.74) is 7.55. The van der Waals surface area contributed by atoms with Gasteiger partial charge in [0.05, 0.1) is 0 Å². The molecular formula is C13H21ClN2S. The minimum Gasteiger partial charge on any atom is -0.399 e. The summed E-state index contributed by atoms with van der Waals surface area (Å²) in [6.45, 7) is 3.10. The number of thioether (sulfide) groups is 1. The van der Waals surface area contributed by atoms with Crippen LogP contribution in [-0.2, 0) is 6.54 Å².